The Labute approximate surface area is 109 Å². The van der Waals surface area contributed by atoms with E-state index in [0.717, 1.165) is 5.56 Å². The number of aromatic nitrogens is 1. The van der Waals surface area contributed by atoms with Gasteiger partial charge in [-0.15, -0.1) is 12.4 Å². The minimum absolute atomic E-state index is 0. The molecule has 0 fully saturated rings. The second-order valence-corrected chi connectivity index (χ2v) is 3.84. The Kier molecular flexibility index (Phi) is 7.29. The normalized spacial score (nSPS) is 11.4. The van der Waals surface area contributed by atoms with E-state index in [4.69, 9.17) is 10.5 Å². The number of rotatable bonds is 4. The Morgan fingerprint density at radius 2 is 2.38 bits per heavy atom. The van der Waals surface area contributed by atoms with E-state index >= 15 is 0 Å². The molecule has 0 aliphatic rings. The summed E-state index contributed by atoms with van der Waals surface area (Å²) in [5, 5.41) is 0. The summed E-state index contributed by atoms with van der Waals surface area (Å²) in [6.07, 6.45) is 1.83. The molecule has 0 radical (unpaired) electrons. The molecule has 16 heavy (non-hydrogen) atoms. The van der Waals surface area contributed by atoms with Gasteiger partial charge in [0, 0.05) is 12.2 Å². The van der Waals surface area contributed by atoms with Gasteiger partial charge < -0.3 is 10.5 Å². The van der Waals surface area contributed by atoms with Gasteiger partial charge >= 0.3 is 5.97 Å². The highest BCUT2D eigenvalue weighted by Crippen LogP contribution is 2.17. The number of esters is 1. The molecule has 0 amide bonds. The third-order valence-electron chi connectivity index (χ3n) is 1.87. The first-order valence-electron chi connectivity index (χ1n) is 4.66. The average Bonchev–Trinajstić information content (AvgIpc) is 2.18. The summed E-state index contributed by atoms with van der Waals surface area (Å²) in [6.45, 7) is 2.15. The van der Waals surface area contributed by atoms with Crippen molar-refractivity contribution in [1.82, 2.24) is 4.98 Å². The SMILES string of the molecule is CCOC(=O)C[C@H](N)c1ccnc(Br)c1.Cl. The van der Waals surface area contributed by atoms with Gasteiger partial charge in [-0.1, -0.05) is 0 Å². The van der Waals surface area contributed by atoms with Gasteiger partial charge in [-0.05, 0) is 40.5 Å². The van der Waals surface area contributed by atoms with Crippen LogP contribution in [-0.4, -0.2) is 17.6 Å². The lowest BCUT2D eigenvalue weighted by atomic mass is 10.1. The first kappa shape index (κ1) is 15.3. The first-order chi connectivity index (χ1) is 7.13. The number of hydrogen-bond acceptors (Lipinski definition) is 4. The molecular weight excluding hydrogens is 295 g/mol. The minimum atomic E-state index is -0.344. The molecule has 1 aromatic heterocycles. The lowest BCUT2D eigenvalue weighted by molar-refractivity contribution is -0.143. The standard InChI is InChI=1S/C10H13BrN2O2.ClH/c1-2-15-10(14)6-8(12)7-3-4-13-9(11)5-7;/h3-5,8H,2,6,12H2,1H3;1H/t8-;/m0./s1. The first-order valence-corrected chi connectivity index (χ1v) is 5.45. The van der Waals surface area contributed by atoms with Crippen LogP contribution in [0, 0.1) is 0 Å². The molecule has 0 unspecified atom stereocenters. The zero-order chi connectivity index (χ0) is 11.3. The maximum Gasteiger partial charge on any atom is 0.307 e. The lowest BCUT2D eigenvalue weighted by Crippen LogP contribution is -2.17. The zero-order valence-electron chi connectivity index (χ0n) is 8.85. The van der Waals surface area contributed by atoms with Crippen LogP contribution in [0.1, 0.15) is 24.9 Å². The summed E-state index contributed by atoms with van der Waals surface area (Å²) in [5.74, 6) is -0.280. The van der Waals surface area contributed by atoms with Crippen LogP contribution in [0.15, 0.2) is 22.9 Å². The summed E-state index contributed by atoms with van der Waals surface area (Å²) in [4.78, 5) is 15.2. The van der Waals surface area contributed by atoms with Crippen molar-refractivity contribution in [3.8, 4) is 0 Å². The van der Waals surface area contributed by atoms with Gasteiger partial charge in [0.25, 0.3) is 0 Å². The average molecular weight is 310 g/mol. The number of pyridine rings is 1. The number of hydrogen-bond donors (Lipinski definition) is 1. The van der Waals surface area contributed by atoms with Crippen LogP contribution in [-0.2, 0) is 9.53 Å². The molecule has 90 valence electrons. The van der Waals surface area contributed by atoms with Crippen LogP contribution in [0.4, 0.5) is 0 Å². The molecule has 1 heterocycles. The number of nitrogens with two attached hydrogens (primary N) is 1. The van der Waals surface area contributed by atoms with E-state index < -0.39 is 0 Å². The Bertz CT molecular complexity index is 349. The predicted molar refractivity (Wildman–Crippen MR) is 67.4 cm³/mol. The Morgan fingerprint density at radius 1 is 1.69 bits per heavy atom. The third-order valence-corrected chi connectivity index (χ3v) is 2.30. The molecule has 1 rings (SSSR count). The maximum absolute atomic E-state index is 11.2. The van der Waals surface area contributed by atoms with Crippen molar-refractivity contribution in [2.24, 2.45) is 5.73 Å². The second-order valence-electron chi connectivity index (χ2n) is 3.03. The van der Waals surface area contributed by atoms with Crippen LogP contribution in [0.2, 0.25) is 0 Å². The minimum Gasteiger partial charge on any atom is -0.466 e. The predicted octanol–water partition coefficient (Wildman–Crippen LogP) is 2.22. The fourth-order valence-corrected chi connectivity index (χ4v) is 1.55. The maximum atomic E-state index is 11.2. The van der Waals surface area contributed by atoms with Crippen LogP contribution < -0.4 is 5.73 Å². The number of nitrogens with zero attached hydrogens (tertiary/aromatic N) is 1. The number of carbonyl (C=O) groups excluding carboxylic acids is 1. The van der Waals surface area contributed by atoms with E-state index in [2.05, 4.69) is 20.9 Å². The van der Waals surface area contributed by atoms with Crippen molar-refractivity contribution < 1.29 is 9.53 Å². The molecule has 4 nitrogen and oxygen atoms in total. The highest BCUT2D eigenvalue weighted by atomic mass is 79.9. The van der Waals surface area contributed by atoms with E-state index in [1.807, 2.05) is 0 Å². The quantitative estimate of drug-likeness (QED) is 0.684. The van der Waals surface area contributed by atoms with Gasteiger partial charge in [0.2, 0.25) is 0 Å². The topological polar surface area (TPSA) is 65.2 Å². The number of carbonyl (C=O) groups is 1. The van der Waals surface area contributed by atoms with Crippen molar-refractivity contribution >= 4 is 34.3 Å². The Hall–Kier alpha value is -0.650. The molecule has 0 aromatic carbocycles. The molecule has 0 aliphatic carbocycles. The van der Waals surface area contributed by atoms with Gasteiger partial charge in [0.1, 0.15) is 4.60 Å². The van der Waals surface area contributed by atoms with Gasteiger partial charge in [0.05, 0.1) is 13.0 Å². The molecular formula is C10H14BrClN2O2. The fraction of sp³-hybridized carbons (Fsp3) is 0.400. The molecule has 1 aromatic rings. The van der Waals surface area contributed by atoms with Crippen LogP contribution >= 0.6 is 28.3 Å². The van der Waals surface area contributed by atoms with E-state index in [0.29, 0.717) is 11.2 Å². The smallest absolute Gasteiger partial charge is 0.307 e. The summed E-state index contributed by atoms with van der Waals surface area (Å²) < 4.78 is 5.53. The summed E-state index contributed by atoms with van der Waals surface area (Å²) in [5.41, 5.74) is 6.71. The molecule has 2 N–H and O–H groups in total. The van der Waals surface area contributed by atoms with E-state index in [9.17, 15) is 4.79 Å². The van der Waals surface area contributed by atoms with E-state index in [1.54, 1.807) is 25.3 Å². The van der Waals surface area contributed by atoms with Gasteiger partial charge in [-0.3, -0.25) is 4.79 Å². The van der Waals surface area contributed by atoms with Gasteiger partial charge in [-0.25, -0.2) is 4.98 Å². The van der Waals surface area contributed by atoms with Gasteiger partial charge in [-0.2, -0.15) is 0 Å². The molecule has 0 saturated carbocycles. The summed E-state index contributed by atoms with van der Waals surface area (Å²) in [6, 6.07) is 3.24. The second kappa shape index (κ2) is 7.60. The van der Waals surface area contributed by atoms with Crippen molar-refractivity contribution in [2.75, 3.05) is 6.61 Å². The molecule has 0 saturated heterocycles. The van der Waals surface area contributed by atoms with Crippen molar-refractivity contribution in [3.63, 3.8) is 0 Å². The third kappa shape index (κ3) is 4.92. The monoisotopic (exact) mass is 308 g/mol. The van der Waals surface area contributed by atoms with Crippen LogP contribution in [0.25, 0.3) is 0 Å². The molecule has 0 spiro atoms. The highest BCUT2D eigenvalue weighted by Gasteiger charge is 2.12. The van der Waals surface area contributed by atoms with Gasteiger partial charge in [0.15, 0.2) is 0 Å². The summed E-state index contributed by atoms with van der Waals surface area (Å²) >= 11 is 3.24. The fourth-order valence-electron chi connectivity index (χ4n) is 1.17. The van der Waals surface area contributed by atoms with E-state index in [-0.39, 0.29) is 30.8 Å². The lowest BCUT2D eigenvalue weighted by Gasteiger charge is -2.10. The van der Waals surface area contributed by atoms with Crippen LogP contribution in [0.3, 0.4) is 0 Å². The number of ether oxygens (including phenoxy) is 1. The molecule has 0 aliphatic heterocycles. The molecule has 0 bridgehead atoms. The van der Waals surface area contributed by atoms with Crippen molar-refractivity contribution in [1.29, 1.82) is 0 Å². The highest BCUT2D eigenvalue weighted by molar-refractivity contribution is 9.10. The zero-order valence-corrected chi connectivity index (χ0v) is 11.3. The Balaban J connectivity index is 0.00000225. The molecule has 6 heteroatoms. The summed E-state index contributed by atoms with van der Waals surface area (Å²) in [7, 11) is 0. The van der Waals surface area contributed by atoms with E-state index in [1.165, 1.54) is 0 Å². The Morgan fingerprint density at radius 3 is 2.94 bits per heavy atom. The molecule has 1 atom stereocenters. The van der Waals surface area contributed by atoms with Crippen LogP contribution in [0.5, 0.6) is 0 Å². The van der Waals surface area contributed by atoms with Crippen molar-refractivity contribution in [3.05, 3.63) is 28.5 Å². The number of halogens is 2. The van der Waals surface area contributed by atoms with Crippen molar-refractivity contribution in [2.45, 2.75) is 19.4 Å². The largest absolute Gasteiger partial charge is 0.466 e.